The molecule has 0 aliphatic rings. The Bertz CT molecular complexity index is 1120. The van der Waals surface area contributed by atoms with Gasteiger partial charge in [-0.15, -0.1) is 0 Å². The van der Waals surface area contributed by atoms with Crippen molar-refractivity contribution in [3.63, 3.8) is 0 Å². The highest BCUT2D eigenvalue weighted by molar-refractivity contribution is 7.91. The van der Waals surface area contributed by atoms with Gasteiger partial charge < -0.3 is 5.11 Å². The molecule has 3 aromatic rings. The lowest BCUT2D eigenvalue weighted by atomic mass is 10.1. The van der Waals surface area contributed by atoms with Crippen LogP contribution in [-0.2, 0) is 9.84 Å². The third-order valence-corrected chi connectivity index (χ3v) is 5.86. The lowest BCUT2D eigenvalue weighted by Crippen LogP contribution is -2.09. The molecular formula is C21H17F2NO3S. The fraction of sp³-hybridized carbons (Fsp3) is 0.0952. The van der Waals surface area contributed by atoms with E-state index in [1.165, 1.54) is 43.5 Å². The molecule has 0 saturated heterocycles. The summed E-state index contributed by atoms with van der Waals surface area (Å²) < 4.78 is 52.3. The Labute approximate surface area is 161 Å². The lowest BCUT2D eigenvalue weighted by Gasteiger charge is -2.11. The van der Waals surface area contributed by atoms with Crippen LogP contribution in [0.5, 0.6) is 0 Å². The topological polar surface area (TPSA) is 67.3 Å². The van der Waals surface area contributed by atoms with E-state index in [2.05, 4.69) is 4.98 Å². The number of aromatic nitrogens is 1. The van der Waals surface area contributed by atoms with Crippen LogP contribution in [0.15, 0.2) is 70.7 Å². The van der Waals surface area contributed by atoms with Crippen molar-refractivity contribution < 1.29 is 22.3 Å². The summed E-state index contributed by atoms with van der Waals surface area (Å²) in [7, 11) is -3.91. The quantitative estimate of drug-likeness (QED) is 0.643. The number of halogens is 2. The normalized spacial score (nSPS) is 13.0. The number of benzene rings is 2. The van der Waals surface area contributed by atoms with Crippen LogP contribution in [0.25, 0.3) is 12.2 Å². The predicted octanol–water partition coefficient (Wildman–Crippen LogP) is 4.42. The molecule has 144 valence electrons. The Balaban J connectivity index is 1.89. The largest absolute Gasteiger partial charge is 0.389 e. The molecule has 1 atom stereocenters. The molecule has 28 heavy (non-hydrogen) atoms. The van der Waals surface area contributed by atoms with Crippen LogP contribution in [0.3, 0.4) is 0 Å². The van der Waals surface area contributed by atoms with Crippen molar-refractivity contribution in [2.75, 3.05) is 0 Å². The molecule has 1 N–H and O–H groups in total. The van der Waals surface area contributed by atoms with Crippen LogP contribution < -0.4 is 0 Å². The number of hydrogen-bond donors (Lipinski definition) is 1. The molecule has 7 heteroatoms. The van der Waals surface area contributed by atoms with Crippen molar-refractivity contribution in [2.45, 2.75) is 22.9 Å². The standard InChI is InChI=1S/C21H17F2NO3S/c1-14(25)19-3-2-12-24-21(19)28(26,27)18-10-5-15(6-11-18)4-7-16-8-9-17(22)13-20(16)23/h2-14,25H,1H3/t14-/m0/s1. The number of aliphatic hydroxyl groups is 1. The Kier molecular flexibility index (Phi) is 5.67. The molecular weight excluding hydrogens is 384 g/mol. The maximum absolute atomic E-state index is 13.7. The second-order valence-electron chi connectivity index (χ2n) is 6.15. The van der Waals surface area contributed by atoms with E-state index in [-0.39, 0.29) is 21.0 Å². The van der Waals surface area contributed by atoms with Gasteiger partial charge in [0.2, 0.25) is 9.84 Å². The monoisotopic (exact) mass is 401 g/mol. The first-order chi connectivity index (χ1) is 13.3. The molecule has 4 nitrogen and oxygen atoms in total. The van der Waals surface area contributed by atoms with E-state index in [0.29, 0.717) is 5.56 Å². The van der Waals surface area contributed by atoms with Gasteiger partial charge in [0.05, 0.1) is 11.0 Å². The van der Waals surface area contributed by atoms with Crippen molar-refractivity contribution >= 4 is 22.0 Å². The zero-order valence-corrected chi connectivity index (χ0v) is 15.7. The summed E-state index contributed by atoms with van der Waals surface area (Å²) in [6, 6.07) is 12.3. The van der Waals surface area contributed by atoms with Crippen LogP contribution in [-0.4, -0.2) is 18.5 Å². The van der Waals surface area contributed by atoms with Gasteiger partial charge in [-0.2, -0.15) is 0 Å². The highest BCUT2D eigenvalue weighted by Crippen LogP contribution is 2.26. The van der Waals surface area contributed by atoms with Gasteiger partial charge in [-0.05, 0) is 42.8 Å². The number of nitrogens with zero attached hydrogens (tertiary/aromatic N) is 1. The van der Waals surface area contributed by atoms with Gasteiger partial charge in [0, 0.05) is 23.4 Å². The molecule has 0 unspecified atom stereocenters. The van der Waals surface area contributed by atoms with E-state index in [9.17, 15) is 22.3 Å². The summed E-state index contributed by atoms with van der Waals surface area (Å²) >= 11 is 0. The van der Waals surface area contributed by atoms with Crippen LogP contribution in [0.1, 0.15) is 29.7 Å². The zero-order valence-electron chi connectivity index (χ0n) is 14.9. The van der Waals surface area contributed by atoms with Gasteiger partial charge in [-0.25, -0.2) is 22.2 Å². The van der Waals surface area contributed by atoms with Crippen molar-refractivity contribution in [1.29, 1.82) is 0 Å². The molecule has 1 aromatic heterocycles. The Morgan fingerprint density at radius 2 is 1.75 bits per heavy atom. The summed E-state index contributed by atoms with van der Waals surface area (Å²) in [5.41, 5.74) is 1.07. The van der Waals surface area contributed by atoms with Gasteiger partial charge in [0.15, 0.2) is 5.03 Å². The summed E-state index contributed by atoms with van der Waals surface area (Å²) in [5, 5.41) is 9.62. The Morgan fingerprint density at radius 3 is 2.39 bits per heavy atom. The minimum absolute atomic E-state index is 0.0261. The Hall–Kier alpha value is -2.90. The SMILES string of the molecule is C[C@H](O)c1cccnc1S(=O)(=O)c1ccc(C=Cc2ccc(F)cc2F)cc1. The minimum atomic E-state index is -3.91. The summed E-state index contributed by atoms with van der Waals surface area (Å²) in [4.78, 5) is 3.96. The first-order valence-electron chi connectivity index (χ1n) is 8.40. The molecule has 0 bridgehead atoms. The first kappa shape index (κ1) is 19.9. The number of pyridine rings is 1. The zero-order chi connectivity index (χ0) is 20.3. The maximum Gasteiger partial charge on any atom is 0.224 e. The molecule has 1 heterocycles. The summed E-state index contributed by atoms with van der Waals surface area (Å²) in [6.07, 6.45) is 3.44. The highest BCUT2D eigenvalue weighted by Gasteiger charge is 2.24. The molecule has 0 fully saturated rings. The third-order valence-electron chi connectivity index (χ3n) is 4.11. The maximum atomic E-state index is 13.7. The average molecular weight is 401 g/mol. The highest BCUT2D eigenvalue weighted by atomic mass is 32.2. The van der Waals surface area contributed by atoms with Crippen LogP contribution in [0.2, 0.25) is 0 Å². The van der Waals surface area contributed by atoms with E-state index in [0.717, 1.165) is 12.1 Å². The number of aliphatic hydroxyl groups excluding tert-OH is 1. The van der Waals surface area contributed by atoms with E-state index in [4.69, 9.17) is 0 Å². The van der Waals surface area contributed by atoms with Gasteiger partial charge in [-0.3, -0.25) is 0 Å². The van der Waals surface area contributed by atoms with Crippen LogP contribution in [0, 0.1) is 11.6 Å². The van der Waals surface area contributed by atoms with E-state index in [1.807, 2.05) is 0 Å². The van der Waals surface area contributed by atoms with Gasteiger partial charge in [-0.1, -0.05) is 30.4 Å². The van der Waals surface area contributed by atoms with E-state index >= 15 is 0 Å². The summed E-state index contributed by atoms with van der Waals surface area (Å²) in [5.74, 6) is -1.34. The second kappa shape index (κ2) is 8.00. The molecule has 0 saturated carbocycles. The molecule has 2 aromatic carbocycles. The number of rotatable bonds is 5. The number of hydrogen-bond acceptors (Lipinski definition) is 4. The number of sulfone groups is 1. The lowest BCUT2D eigenvalue weighted by molar-refractivity contribution is 0.195. The first-order valence-corrected chi connectivity index (χ1v) is 9.88. The van der Waals surface area contributed by atoms with Crippen molar-refractivity contribution in [1.82, 2.24) is 4.98 Å². The second-order valence-corrected chi connectivity index (χ2v) is 8.01. The fourth-order valence-electron chi connectivity index (χ4n) is 2.64. The van der Waals surface area contributed by atoms with Crippen molar-refractivity contribution in [2.24, 2.45) is 0 Å². The van der Waals surface area contributed by atoms with E-state index in [1.54, 1.807) is 24.3 Å². The minimum Gasteiger partial charge on any atom is -0.389 e. The molecule has 0 spiro atoms. The van der Waals surface area contributed by atoms with E-state index < -0.39 is 27.6 Å². The predicted molar refractivity (Wildman–Crippen MR) is 102 cm³/mol. The Morgan fingerprint density at radius 1 is 1.04 bits per heavy atom. The van der Waals surface area contributed by atoms with Gasteiger partial charge >= 0.3 is 0 Å². The molecule has 0 amide bonds. The fourth-order valence-corrected chi connectivity index (χ4v) is 4.10. The third kappa shape index (κ3) is 4.16. The van der Waals surface area contributed by atoms with Crippen LogP contribution in [0.4, 0.5) is 8.78 Å². The smallest absolute Gasteiger partial charge is 0.224 e. The van der Waals surface area contributed by atoms with Gasteiger partial charge in [0.1, 0.15) is 11.6 Å². The molecule has 0 radical (unpaired) electrons. The van der Waals surface area contributed by atoms with Gasteiger partial charge in [0.25, 0.3) is 0 Å². The van der Waals surface area contributed by atoms with Crippen molar-refractivity contribution in [3.8, 4) is 0 Å². The summed E-state index contributed by atoms with van der Waals surface area (Å²) in [6.45, 7) is 1.47. The van der Waals surface area contributed by atoms with Crippen molar-refractivity contribution in [3.05, 3.63) is 89.1 Å². The molecule has 0 aliphatic heterocycles. The molecule has 0 aliphatic carbocycles. The van der Waals surface area contributed by atoms with Crippen LogP contribution >= 0.6 is 0 Å². The molecule has 3 rings (SSSR count). The average Bonchev–Trinajstić information content (AvgIpc) is 2.67.